The molecule has 1 aliphatic rings. The Morgan fingerprint density at radius 1 is 1.39 bits per heavy atom. The van der Waals surface area contributed by atoms with Gasteiger partial charge in [-0.1, -0.05) is 0 Å². The number of nitrogens with one attached hydrogen (secondary N) is 1. The SMILES string of the molecule is Cc1nccn1CCN(C)CCC1CCNCC1. The summed E-state index contributed by atoms with van der Waals surface area (Å²) >= 11 is 0. The summed E-state index contributed by atoms with van der Waals surface area (Å²) in [7, 11) is 2.23. The van der Waals surface area contributed by atoms with E-state index in [9.17, 15) is 0 Å². The zero-order chi connectivity index (χ0) is 12.8. The monoisotopic (exact) mass is 250 g/mol. The van der Waals surface area contributed by atoms with Crippen molar-refractivity contribution in [2.45, 2.75) is 32.7 Å². The van der Waals surface area contributed by atoms with Crippen LogP contribution in [0.2, 0.25) is 0 Å². The molecule has 4 nitrogen and oxygen atoms in total. The minimum Gasteiger partial charge on any atom is -0.334 e. The molecule has 0 spiro atoms. The molecule has 4 heteroatoms. The van der Waals surface area contributed by atoms with Crippen LogP contribution < -0.4 is 5.32 Å². The van der Waals surface area contributed by atoms with E-state index in [1.807, 2.05) is 6.20 Å². The van der Waals surface area contributed by atoms with Crippen molar-refractivity contribution in [2.75, 3.05) is 33.2 Å². The molecule has 1 saturated heterocycles. The molecule has 0 unspecified atom stereocenters. The van der Waals surface area contributed by atoms with E-state index >= 15 is 0 Å². The maximum absolute atomic E-state index is 4.25. The molecule has 0 bridgehead atoms. The van der Waals surface area contributed by atoms with Crippen molar-refractivity contribution in [3.63, 3.8) is 0 Å². The summed E-state index contributed by atoms with van der Waals surface area (Å²) in [5.41, 5.74) is 0. The van der Waals surface area contributed by atoms with Gasteiger partial charge < -0.3 is 14.8 Å². The van der Waals surface area contributed by atoms with Gasteiger partial charge in [0.25, 0.3) is 0 Å². The van der Waals surface area contributed by atoms with Gasteiger partial charge in [-0.3, -0.25) is 0 Å². The second-order valence-electron chi connectivity index (χ2n) is 5.45. The Bertz CT molecular complexity index is 341. The molecular weight excluding hydrogens is 224 g/mol. The third-order valence-corrected chi connectivity index (χ3v) is 4.02. The summed E-state index contributed by atoms with van der Waals surface area (Å²) in [4.78, 5) is 6.70. The van der Waals surface area contributed by atoms with Crippen molar-refractivity contribution in [2.24, 2.45) is 5.92 Å². The molecule has 0 aliphatic carbocycles. The van der Waals surface area contributed by atoms with Gasteiger partial charge in [0.05, 0.1) is 0 Å². The van der Waals surface area contributed by atoms with Gasteiger partial charge in [-0.05, 0) is 58.8 Å². The van der Waals surface area contributed by atoms with E-state index in [0.717, 1.165) is 24.8 Å². The van der Waals surface area contributed by atoms with Crippen LogP contribution in [-0.2, 0) is 6.54 Å². The third-order valence-electron chi connectivity index (χ3n) is 4.02. The molecule has 1 N–H and O–H groups in total. The average Bonchev–Trinajstić information content (AvgIpc) is 2.81. The summed E-state index contributed by atoms with van der Waals surface area (Å²) in [5, 5.41) is 3.43. The molecule has 1 aromatic heterocycles. The van der Waals surface area contributed by atoms with E-state index in [1.54, 1.807) is 0 Å². The molecule has 0 atom stereocenters. The minimum atomic E-state index is 0.934. The molecule has 2 rings (SSSR count). The lowest BCUT2D eigenvalue weighted by Crippen LogP contribution is -2.31. The fourth-order valence-corrected chi connectivity index (χ4v) is 2.60. The first-order valence-electron chi connectivity index (χ1n) is 7.12. The Kier molecular flexibility index (Phi) is 5.20. The maximum Gasteiger partial charge on any atom is 0.105 e. The smallest absolute Gasteiger partial charge is 0.105 e. The number of aromatic nitrogens is 2. The zero-order valence-corrected chi connectivity index (χ0v) is 11.7. The number of hydrogen-bond acceptors (Lipinski definition) is 3. The maximum atomic E-state index is 4.25. The lowest BCUT2D eigenvalue weighted by atomic mass is 9.94. The highest BCUT2D eigenvalue weighted by Crippen LogP contribution is 2.15. The number of piperidine rings is 1. The normalized spacial score (nSPS) is 17.5. The average molecular weight is 250 g/mol. The lowest BCUT2D eigenvalue weighted by molar-refractivity contribution is 0.263. The second kappa shape index (κ2) is 6.90. The summed E-state index contributed by atoms with van der Waals surface area (Å²) < 4.78 is 2.22. The number of nitrogens with zero attached hydrogens (tertiary/aromatic N) is 3. The topological polar surface area (TPSA) is 33.1 Å². The molecule has 0 aromatic carbocycles. The Morgan fingerprint density at radius 3 is 2.83 bits per heavy atom. The van der Waals surface area contributed by atoms with Gasteiger partial charge in [0, 0.05) is 25.5 Å². The molecule has 18 heavy (non-hydrogen) atoms. The van der Waals surface area contributed by atoms with Crippen LogP contribution in [0.1, 0.15) is 25.1 Å². The molecule has 0 amide bonds. The first kappa shape index (κ1) is 13.6. The van der Waals surface area contributed by atoms with Crippen LogP contribution in [0.25, 0.3) is 0 Å². The highest BCUT2D eigenvalue weighted by Gasteiger charge is 2.13. The van der Waals surface area contributed by atoms with E-state index in [-0.39, 0.29) is 0 Å². The molecule has 102 valence electrons. The van der Waals surface area contributed by atoms with Crippen LogP contribution in [0.15, 0.2) is 12.4 Å². The first-order chi connectivity index (χ1) is 8.75. The fourth-order valence-electron chi connectivity index (χ4n) is 2.60. The number of rotatable bonds is 6. The van der Waals surface area contributed by atoms with Gasteiger partial charge in [-0.15, -0.1) is 0 Å². The summed E-state index contributed by atoms with van der Waals surface area (Å²) in [5.74, 6) is 2.05. The van der Waals surface area contributed by atoms with Crippen LogP contribution in [0, 0.1) is 12.8 Å². The highest BCUT2D eigenvalue weighted by molar-refractivity contribution is 4.88. The van der Waals surface area contributed by atoms with E-state index in [2.05, 4.69) is 39.9 Å². The van der Waals surface area contributed by atoms with E-state index in [4.69, 9.17) is 0 Å². The molecule has 1 aromatic rings. The molecule has 1 fully saturated rings. The van der Waals surface area contributed by atoms with Crippen molar-refractivity contribution in [1.29, 1.82) is 0 Å². The quantitative estimate of drug-likeness (QED) is 0.831. The van der Waals surface area contributed by atoms with Gasteiger partial charge in [-0.2, -0.15) is 0 Å². The molecule has 0 saturated carbocycles. The largest absolute Gasteiger partial charge is 0.334 e. The third kappa shape index (κ3) is 4.10. The molecule has 2 heterocycles. The van der Waals surface area contributed by atoms with Crippen molar-refractivity contribution in [1.82, 2.24) is 19.8 Å². The van der Waals surface area contributed by atoms with Gasteiger partial charge >= 0.3 is 0 Å². The van der Waals surface area contributed by atoms with E-state index in [1.165, 1.54) is 38.9 Å². The Balaban J connectivity index is 1.62. The predicted octanol–water partition coefficient (Wildman–Crippen LogP) is 1.51. The van der Waals surface area contributed by atoms with Crippen molar-refractivity contribution >= 4 is 0 Å². The Labute approximate surface area is 110 Å². The minimum absolute atomic E-state index is 0.934. The zero-order valence-electron chi connectivity index (χ0n) is 11.7. The molecular formula is C14H26N4. The number of hydrogen-bond donors (Lipinski definition) is 1. The number of aryl methyl sites for hydroxylation is 1. The fraction of sp³-hybridized carbons (Fsp3) is 0.786. The van der Waals surface area contributed by atoms with E-state index < -0.39 is 0 Å². The van der Waals surface area contributed by atoms with Crippen LogP contribution in [0.5, 0.6) is 0 Å². The Morgan fingerprint density at radius 2 is 2.17 bits per heavy atom. The van der Waals surface area contributed by atoms with Gasteiger partial charge in [-0.25, -0.2) is 4.98 Å². The lowest BCUT2D eigenvalue weighted by Gasteiger charge is -2.25. The van der Waals surface area contributed by atoms with Crippen LogP contribution in [-0.4, -0.2) is 47.7 Å². The summed E-state index contributed by atoms with van der Waals surface area (Å²) in [6.07, 6.45) is 8.00. The van der Waals surface area contributed by atoms with Gasteiger partial charge in [0.15, 0.2) is 0 Å². The number of likely N-dealkylation sites (N-methyl/N-ethyl adjacent to an activating group) is 1. The second-order valence-corrected chi connectivity index (χ2v) is 5.45. The van der Waals surface area contributed by atoms with Crippen LogP contribution in [0.3, 0.4) is 0 Å². The standard InChI is InChI=1S/C14H26N4/c1-13-16-8-10-18(13)12-11-17(2)9-5-14-3-6-15-7-4-14/h8,10,14-15H,3-7,9,11-12H2,1-2H3. The van der Waals surface area contributed by atoms with Crippen molar-refractivity contribution in [3.8, 4) is 0 Å². The van der Waals surface area contributed by atoms with Crippen molar-refractivity contribution < 1.29 is 0 Å². The van der Waals surface area contributed by atoms with Crippen LogP contribution in [0.4, 0.5) is 0 Å². The summed E-state index contributed by atoms with van der Waals surface area (Å²) in [6, 6.07) is 0. The van der Waals surface area contributed by atoms with E-state index in [0.29, 0.717) is 0 Å². The van der Waals surface area contributed by atoms with Crippen LogP contribution >= 0.6 is 0 Å². The highest BCUT2D eigenvalue weighted by atomic mass is 15.1. The van der Waals surface area contributed by atoms with Crippen molar-refractivity contribution in [3.05, 3.63) is 18.2 Å². The first-order valence-corrected chi connectivity index (χ1v) is 7.12. The Hall–Kier alpha value is -0.870. The van der Waals surface area contributed by atoms with Gasteiger partial charge in [0.2, 0.25) is 0 Å². The molecule has 1 aliphatic heterocycles. The molecule has 0 radical (unpaired) electrons. The predicted molar refractivity (Wildman–Crippen MR) is 74.7 cm³/mol. The summed E-state index contributed by atoms with van der Waals surface area (Å²) in [6.45, 7) is 7.87. The number of imidazole rings is 1. The van der Waals surface area contributed by atoms with Gasteiger partial charge in [0.1, 0.15) is 5.82 Å².